The van der Waals surface area contributed by atoms with Crippen LogP contribution in [0.4, 0.5) is 0 Å². The minimum atomic E-state index is -0.970. The summed E-state index contributed by atoms with van der Waals surface area (Å²) in [5.74, 6) is -0.508. The van der Waals surface area contributed by atoms with Crippen LogP contribution in [0.25, 0.3) is 10.9 Å². The Hall–Kier alpha value is -3.22. The van der Waals surface area contributed by atoms with Gasteiger partial charge < -0.3 is 9.84 Å². The van der Waals surface area contributed by atoms with E-state index in [1.165, 1.54) is 4.68 Å². The van der Waals surface area contributed by atoms with Crippen molar-refractivity contribution in [2.45, 2.75) is 39.8 Å². The van der Waals surface area contributed by atoms with Crippen molar-refractivity contribution in [1.29, 1.82) is 0 Å². The van der Waals surface area contributed by atoms with Crippen molar-refractivity contribution in [3.8, 4) is 5.75 Å². The summed E-state index contributed by atoms with van der Waals surface area (Å²) >= 11 is 0. The number of benzene rings is 1. The van der Waals surface area contributed by atoms with Crippen LogP contribution in [0, 0.1) is 6.92 Å². The fourth-order valence-corrected chi connectivity index (χ4v) is 2.83. The van der Waals surface area contributed by atoms with Crippen LogP contribution in [0.15, 0.2) is 36.5 Å². The van der Waals surface area contributed by atoms with Gasteiger partial charge in [0.25, 0.3) is 0 Å². The summed E-state index contributed by atoms with van der Waals surface area (Å²) in [5, 5.41) is 14.0. The molecule has 0 atom stereocenters. The van der Waals surface area contributed by atoms with Crippen LogP contribution < -0.4 is 4.74 Å². The maximum absolute atomic E-state index is 12.7. The third kappa shape index (κ3) is 4.49. The number of carbonyl (C=O) groups is 2. The van der Waals surface area contributed by atoms with Gasteiger partial charge in [0, 0.05) is 35.3 Å². The smallest absolute Gasteiger partial charge is 0.325 e. The SMILES string of the molecule is Cc1cccc(C(=O)Cc2cc3cn(CC(=O)O)nc3cc2OC(C)C)n1. The summed E-state index contributed by atoms with van der Waals surface area (Å²) in [6, 6.07) is 8.92. The first-order valence-corrected chi connectivity index (χ1v) is 8.67. The number of rotatable bonds is 7. The van der Waals surface area contributed by atoms with Crippen LogP contribution >= 0.6 is 0 Å². The fraction of sp³-hybridized carbons (Fsp3) is 0.300. The van der Waals surface area contributed by atoms with Crippen molar-refractivity contribution >= 4 is 22.7 Å². The number of carboxylic acid groups (broad SMARTS) is 1. The monoisotopic (exact) mass is 367 g/mol. The third-order valence-corrected chi connectivity index (χ3v) is 3.92. The molecule has 0 amide bonds. The second-order valence-corrected chi connectivity index (χ2v) is 6.67. The molecule has 2 heterocycles. The van der Waals surface area contributed by atoms with Gasteiger partial charge in [0.15, 0.2) is 5.78 Å². The Morgan fingerprint density at radius 2 is 2.04 bits per heavy atom. The number of aliphatic carboxylic acids is 1. The maximum Gasteiger partial charge on any atom is 0.325 e. The molecule has 0 unspecified atom stereocenters. The highest BCUT2D eigenvalue weighted by Gasteiger charge is 2.16. The van der Waals surface area contributed by atoms with Crippen LogP contribution in [-0.2, 0) is 17.8 Å². The predicted molar refractivity (Wildman–Crippen MR) is 100 cm³/mol. The molecule has 2 aromatic heterocycles. The number of ether oxygens (including phenoxy) is 1. The second kappa shape index (κ2) is 7.57. The summed E-state index contributed by atoms with van der Waals surface area (Å²) in [7, 11) is 0. The summed E-state index contributed by atoms with van der Waals surface area (Å²) < 4.78 is 7.23. The molecule has 0 saturated carbocycles. The van der Waals surface area contributed by atoms with Gasteiger partial charge in [-0.25, -0.2) is 0 Å². The van der Waals surface area contributed by atoms with Crippen molar-refractivity contribution in [3.05, 3.63) is 53.5 Å². The highest BCUT2D eigenvalue weighted by Crippen LogP contribution is 2.27. The third-order valence-electron chi connectivity index (χ3n) is 3.92. The summed E-state index contributed by atoms with van der Waals surface area (Å²) in [6.07, 6.45) is 1.72. The zero-order valence-corrected chi connectivity index (χ0v) is 15.5. The molecular weight excluding hydrogens is 346 g/mol. The Morgan fingerprint density at radius 3 is 2.70 bits per heavy atom. The number of carboxylic acids is 1. The number of aryl methyl sites for hydroxylation is 1. The topological polar surface area (TPSA) is 94.3 Å². The molecule has 1 aromatic carbocycles. The lowest BCUT2D eigenvalue weighted by molar-refractivity contribution is -0.137. The average Bonchev–Trinajstić information content (AvgIpc) is 2.94. The van der Waals surface area contributed by atoms with Gasteiger partial charge in [-0.15, -0.1) is 0 Å². The Balaban J connectivity index is 1.98. The van der Waals surface area contributed by atoms with E-state index in [1.54, 1.807) is 24.4 Å². The molecule has 140 valence electrons. The van der Waals surface area contributed by atoms with Crippen LogP contribution in [-0.4, -0.2) is 37.7 Å². The van der Waals surface area contributed by atoms with E-state index in [0.29, 0.717) is 17.0 Å². The molecule has 0 radical (unpaired) electrons. The highest BCUT2D eigenvalue weighted by atomic mass is 16.5. The second-order valence-electron chi connectivity index (χ2n) is 6.67. The molecule has 0 bridgehead atoms. The van der Waals surface area contributed by atoms with Gasteiger partial charge in [-0.2, -0.15) is 5.10 Å². The molecule has 7 heteroatoms. The number of fused-ring (bicyclic) bond motifs is 1. The largest absolute Gasteiger partial charge is 0.491 e. The molecule has 0 spiro atoms. The van der Waals surface area contributed by atoms with E-state index in [2.05, 4.69) is 10.1 Å². The minimum absolute atomic E-state index is 0.0745. The van der Waals surface area contributed by atoms with Gasteiger partial charge in [-0.3, -0.25) is 19.3 Å². The zero-order valence-electron chi connectivity index (χ0n) is 15.5. The minimum Gasteiger partial charge on any atom is -0.491 e. The number of aromatic nitrogens is 3. The Kier molecular flexibility index (Phi) is 5.21. The van der Waals surface area contributed by atoms with Crippen LogP contribution in [0.3, 0.4) is 0 Å². The van der Waals surface area contributed by atoms with Crippen LogP contribution in [0.5, 0.6) is 5.75 Å². The molecule has 0 aliphatic carbocycles. The number of nitrogens with zero attached hydrogens (tertiary/aromatic N) is 3. The lowest BCUT2D eigenvalue weighted by Crippen LogP contribution is -2.11. The van der Waals surface area contributed by atoms with Crippen molar-refractivity contribution < 1.29 is 19.4 Å². The molecular formula is C20H21N3O4. The van der Waals surface area contributed by atoms with E-state index in [-0.39, 0.29) is 24.9 Å². The van der Waals surface area contributed by atoms with E-state index in [9.17, 15) is 9.59 Å². The quantitative estimate of drug-likeness (QED) is 0.645. The lowest BCUT2D eigenvalue weighted by Gasteiger charge is -2.14. The number of hydrogen-bond donors (Lipinski definition) is 1. The van der Waals surface area contributed by atoms with E-state index < -0.39 is 5.97 Å². The van der Waals surface area contributed by atoms with Gasteiger partial charge in [0.1, 0.15) is 18.0 Å². The van der Waals surface area contributed by atoms with Crippen LogP contribution in [0.1, 0.15) is 35.6 Å². The number of hydrogen-bond acceptors (Lipinski definition) is 5. The molecule has 27 heavy (non-hydrogen) atoms. The first-order chi connectivity index (χ1) is 12.8. The number of Topliss-reactive ketones (excluding diaryl/α,β-unsaturated/α-hetero) is 1. The molecule has 7 nitrogen and oxygen atoms in total. The van der Waals surface area contributed by atoms with Gasteiger partial charge >= 0.3 is 5.97 Å². The first-order valence-electron chi connectivity index (χ1n) is 8.67. The Bertz CT molecular complexity index is 1010. The number of ketones is 1. The summed E-state index contributed by atoms with van der Waals surface area (Å²) in [4.78, 5) is 27.9. The number of pyridine rings is 1. The van der Waals surface area contributed by atoms with Crippen LogP contribution in [0.2, 0.25) is 0 Å². The highest BCUT2D eigenvalue weighted by molar-refractivity contribution is 5.97. The molecule has 1 N–H and O–H groups in total. The molecule has 0 saturated heterocycles. The van der Waals surface area contributed by atoms with E-state index in [4.69, 9.17) is 9.84 Å². The Labute approximate surface area is 156 Å². The van der Waals surface area contributed by atoms with Gasteiger partial charge in [0.05, 0.1) is 11.6 Å². The fourth-order valence-electron chi connectivity index (χ4n) is 2.83. The standard InChI is InChI=1S/C20H21N3O4/c1-12(2)27-19-9-17-15(10-23(22-17)11-20(25)26)7-14(19)8-18(24)16-6-4-5-13(3)21-16/h4-7,9-10,12H,8,11H2,1-3H3,(H,25,26). The van der Waals surface area contributed by atoms with Crippen molar-refractivity contribution in [2.75, 3.05) is 0 Å². The van der Waals surface area contributed by atoms with Crippen molar-refractivity contribution in [1.82, 2.24) is 14.8 Å². The van der Waals surface area contributed by atoms with E-state index in [1.807, 2.05) is 32.9 Å². The van der Waals surface area contributed by atoms with E-state index in [0.717, 1.165) is 16.6 Å². The molecule has 0 aliphatic rings. The lowest BCUT2D eigenvalue weighted by atomic mass is 10.0. The van der Waals surface area contributed by atoms with Crippen molar-refractivity contribution in [3.63, 3.8) is 0 Å². The first kappa shape index (κ1) is 18.6. The average molecular weight is 367 g/mol. The zero-order chi connectivity index (χ0) is 19.6. The van der Waals surface area contributed by atoms with Gasteiger partial charge in [-0.1, -0.05) is 6.07 Å². The van der Waals surface area contributed by atoms with Gasteiger partial charge in [-0.05, 0) is 39.0 Å². The molecule has 0 aliphatic heterocycles. The molecule has 3 aromatic rings. The molecule has 0 fully saturated rings. The summed E-state index contributed by atoms with van der Waals surface area (Å²) in [5.41, 5.74) is 2.54. The predicted octanol–water partition coefficient (Wildman–Crippen LogP) is 3.04. The van der Waals surface area contributed by atoms with Gasteiger partial charge in [0.2, 0.25) is 0 Å². The van der Waals surface area contributed by atoms with E-state index >= 15 is 0 Å². The summed E-state index contributed by atoms with van der Waals surface area (Å²) in [6.45, 7) is 5.42. The maximum atomic E-state index is 12.7. The van der Waals surface area contributed by atoms with Crippen molar-refractivity contribution in [2.24, 2.45) is 0 Å². The molecule has 3 rings (SSSR count). The normalized spacial score (nSPS) is 11.1. The number of carbonyl (C=O) groups excluding carboxylic acids is 1. The Morgan fingerprint density at radius 1 is 1.26 bits per heavy atom.